The molecule has 1 atom stereocenters. The van der Waals surface area contributed by atoms with Gasteiger partial charge in [0, 0.05) is 0 Å². The van der Waals surface area contributed by atoms with Gasteiger partial charge in [-0.2, -0.15) is 0 Å². The van der Waals surface area contributed by atoms with Gasteiger partial charge in [-0.05, 0) is 100 Å². The Kier molecular flexibility index (Phi) is 9.93. The van der Waals surface area contributed by atoms with Crippen LogP contribution in [0.25, 0.3) is 0 Å². The lowest BCUT2D eigenvalue weighted by Crippen LogP contribution is -2.33. The highest BCUT2D eigenvalue weighted by Crippen LogP contribution is 2.49. The Balaban J connectivity index is 3.19. The molecule has 0 heteroatoms. The number of rotatable bonds is 3. The predicted octanol–water partition coefficient (Wildman–Crippen LogP) is 13.1. The molecule has 1 unspecified atom stereocenters. The molecule has 0 aromatic heterocycles. The Hall–Kier alpha value is -1.56. The van der Waals surface area contributed by atoms with Gasteiger partial charge in [-0.15, -0.1) is 0 Å². The van der Waals surface area contributed by atoms with Crippen LogP contribution in [-0.4, -0.2) is 0 Å². The molecule has 0 aliphatic heterocycles. The molecule has 0 radical (unpaired) electrons. The van der Waals surface area contributed by atoms with E-state index in [4.69, 9.17) is 0 Å². The van der Waals surface area contributed by atoms with Gasteiger partial charge < -0.3 is 0 Å². The fourth-order valence-corrected chi connectivity index (χ4v) is 7.07. The molecule has 2 rings (SSSR count). The van der Waals surface area contributed by atoms with Gasteiger partial charge in [0.05, 0.1) is 0 Å². The SMILES string of the molecule is CC(Cc1c(C(C)(C)C)cc(C(C)(C)C)c(C(C)(C)C)c1C(C)(C)C)c1c(C(C)(C)C)cc(C(C)(C)C)cc1C(C)(C)C. The van der Waals surface area contributed by atoms with Crippen LogP contribution in [0.15, 0.2) is 18.2 Å². The summed E-state index contributed by atoms with van der Waals surface area (Å²) >= 11 is 0. The number of hydrogen-bond donors (Lipinski definition) is 0. The topological polar surface area (TPSA) is 0 Å². The maximum absolute atomic E-state index is 2.62. The van der Waals surface area contributed by atoms with E-state index in [-0.39, 0.29) is 37.9 Å². The molecule has 0 heterocycles. The third-order valence-electron chi connectivity index (χ3n) is 9.22. The number of hydrogen-bond acceptors (Lipinski definition) is 0. The summed E-state index contributed by atoms with van der Waals surface area (Å²) in [7, 11) is 0. The van der Waals surface area contributed by atoms with E-state index < -0.39 is 0 Å². The first kappa shape index (κ1) is 37.6. The zero-order valence-corrected chi connectivity index (χ0v) is 33.0. The Bertz CT molecular complexity index is 1260. The monoisotopic (exact) mass is 589 g/mol. The summed E-state index contributed by atoms with van der Waals surface area (Å²) in [4.78, 5) is 0. The Labute approximate surface area is 270 Å². The van der Waals surface area contributed by atoms with Crippen LogP contribution in [0.1, 0.15) is 208 Å². The van der Waals surface area contributed by atoms with E-state index in [1.54, 1.807) is 22.3 Å². The summed E-state index contributed by atoms with van der Waals surface area (Å²) in [6.07, 6.45) is 1.05. The average Bonchev–Trinajstić information content (AvgIpc) is 2.72. The fourth-order valence-electron chi connectivity index (χ4n) is 7.07. The molecule has 43 heavy (non-hydrogen) atoms. The van der Waals surface area contributed by atoms with Crippen LogP contribution in [0.5, 0.6) is 0 Å². The van der Waals surface area contributed by atoms with Gasteiger partial charge in [-0.1, -0.05) is 171 Å². The summed E-state index contributed by atoms with van der Waals surface area (Å²) in [6.45, 7) is 53.2. The van der Waals surface area contributed by atoms with E-state index in [0.29, 0.717) is 5.92 Å². The molecular formula is C43H72. The Morgan fingerprint density at radius 2 is 0.744 bits per heavy atom. The van der Waals surface area contributed by atoms with Crippen molar-refractivity contribution in [3.63, 3.8) is 0 Å². The van der Waals surface area contributed by atoms with Crippen LogP contribution in [0, 0.1) is 0 Å². The average molecular weight is 589 g/mol. The fraction of sp³-hybridized carbons (Fsp3) is 0.721. The highest BCUT2D eigenvalue weighted by atomic mass is 14.4. The molecule has 0 saturated carbocycles. The standard InChI is InChI=1S/C43H72/c1-27(34-31(39(8,9)10)24-28(37(2,3)4)25-32(34)40(11,12)13)23-29-30(38(5,6)7)26-33(41(14,15)16)36(43(20,21)22)35(29)42(17,18)19/h24-27H,23H2,1-22H3. The first-order valence-electron chi connectivity index (χ1n) is 17.1. The molecule has 0 fully saturated rings. The molecule has 0 spiro atoms. The smallest absolute Gasteiger partial charge is 0.0126 e. The second-order valence-corrected chi connectivity index (χ2v) is 21.0. The molecule has 0 saturated heterocycles. The highest BCUT2D eigenvalue weighted by molar-refractivity contribution is 5.57. The van der Waals surface area contributed by atoms with E-state index >= 15 is 0 Å². The van der Waals surface area contributed by atoms with Crippen LogP contribution in [0.2, 0.25) is 0 Å². The van der Waals surface area contributed by atoms with Crippen molar-refractivity contribution >= 4 is 0 Å². The van der Waals surface area contributed by atoms with Crippen molar-refractivity contribution < 1.29 is 0 Å². The minimum atomic E-state index is 0.0226. The van der Waals surface area contributed by atoms with E-state index in [1.807, 2.05) is 0 Å². The molecular weight excluding hydrogens is 516 g/mol. The minimum Gasteiger partial charge on any atom is -0.0581 e. The van der Waals surface area contributed by atoms with Gasteiger partial charge in [0.25, 0.3) is 0 Å². The molecule has 2 aromatic carbocycles. The van der Waals surface area contributed by atoms with E-state index in [0.717, 1.165) is 6.42 Å². The molecule has 244 valence electrons. The van der Waals surface area contributed by atoms with Crippen LogP contribution >= 0.6 is 0 Å². The second kappa shape index (κ2) is 11.4. The summed E-state index contributed by atoms with van der Waals surface area (Å²) in [5, 5.41) is 0. The Morgan fingerprint density at radius 3 is 1.02 bits per heavy atom. The minimum absolute atomic E-state index is 0.0226. The molecule has 0 N–H and O–H groups in total. The van der Waals surface area contributed by atoms with Crippen molar-refractivity contribution in [1.29, 1.82) is 0 Å². The van der Waals surface area contributed by atoms with E-state index in [2.05, 4.69) is 171 Å². The molecule has 0 nitrogen and oxygen atoms in total. The van der Waals surface area contributed by atoms with Crippen LogP contribution in [-0.2, 0) is 44.3 Å². The van der Waals surface area contributed by atoms with Crippen molar-refractivity contribution in [2.45, 2.75) is 203 Å². The first-order valence-corrected chi connectivity index (χ1v) is 17.1. The summed E-state index contributed by atoms with van der Waals surface area (Å²) in [5.41, 5.74) is 14.2. The Morgan fingerprint density at radius 1 is 0.395 bits per heavy atom. The quantitative estimate of drug-likeness (QED) is 0.334. The second-order valence-electron chi connectivity index (χ2n) is 21.0. The van der Waals surface area contributed by atoms with Crippen molar-refractivity contribution in [3.8, 4) is 0 Å². The third kappa shape index (κ3) is 8.38. The molecule has 0 amide bonds. The zero-order chi connectivity index (χ0) is 34.1. The summed E-state index contributed by atoms with van der Waals surface area (Å²) < 4.78 is 0. The van der Waals surface area contributed by atoms with E-state index in [9.17, 15) is 0 Å². The van der Waals surface area contributed by atoms with Gasteiger partial charge >= 0.3 is 0 Å². The normalized spacial score (nSPS) is 15.2. The molecule has 0 aliphatic rings. The molecule has 0 bridgehead atoms. The van der Waals surface area contributed by atoms with Crippen molar-refractivity contribution in [2.24, 2.45) is 0 Å². The summed E-state index contributed by atoms with van der Waals surface area (Å²) in [5.74, 6) is 0.382. The van der Waals surface area contributed by atoms with Crippen LogP contribution < -0.4 is 0 Å². The van der Waals surface area contributed by atoms with Crippen LogP contribution in [0.4, 0.5) is 0 Å². The predicted molar refractivity (Wildman–Crippen MR) is 196 cm³/mol. The highest BCUT2D eigenvalue weighted by Gasteiger charge is 2.38. The number of benzene rings is 2. The molecule has 2 aromatic rings. The maximum atomic E-state index is 2.62. The zero-order valence-electron chi connectivity index (χ0n) is 33.0. The van der Waals surface area contributed by atoms with E-state index in [1.165, 1.54) is 27.8 Å². The van der Waals surface area contributed by atoms with Crippen molar-refractivity contribution in [3.05, 3.63) is 68.3 Å². The van der Waals surface area contributed by atoms with Crippen molar-refractivity contribution in [1.82, 2.24) is 0 Å². The lowest BCUT2D eigenvalue weighted by atomic mass is 9.63. The van der Waals surface area contributed by atoms with Gasteiger partial charge in [-0.3, -0.25) is 0 Å². The lowest BCUT2D eigenvalue weighted by Gasteiger charge is -2.42. The largest absolute Gasteiger partial charge is 0.0581 e. The maximum Gasteiger partial charge on any atom is -0.0126 e. The third-order valence-corrected chi connectivity index (χ3v) is 9.22. The van der Waals surface area contributed by atoms with Gasteiger partial charge in [0.2, 0.25) is 0 Å². The van der Waals surface area contributed by atoms with Gasteiger partial charge in [0.15, 0.2) is 0 Å². The lowest BCUT2D eigenvalue weighted by molar-refractivity contribution is 0.480. The van der Waals surface area contributed by atoms with Crippen molar-refractivity contribution in [2.75, 3.05) is 0 Å². The van der Waals surface area contributed by atoms with Gasteiger partial charge in [-0.25, -0.2) is 0 Å². The summed E-state index contributed by atoms with van der Waals surface area (Å²) in [6, 6.07) is 7.73. The first-order chi connectivity index (χ1) is 18.7. The van der Waals surface area contributed by atoms with Crippen LogP contribution in [0.3, 0.4) is 0 Å². The molecule has 0 aliphatic carbocycles. The van der Waals surface area contributed by atoms with Gasteiger partial charge in [0.1, 0.15) is 0 Å².